The minimum atomic E-state index is -0.658. The van der Waals surface area contributed by atoms with Crippen molar-refractivity contribution in [1.82, 2.24) is 0 Å². The van der Waals surface area contributed by atoms with Crippen LogP contribution in [0, 0.1) is 28.6 Å². The molecule has 0 aromatic rings. The van der Waals surface area contributed by atoms with Gasteiger partial charge in [-0.15, -0.1) is 0 Å². The number of aliphatic hydroxyl groups is 3. The molecule has 0 spiro atoms. The van der Waals surface area contributed by atoms with E-state index in [-0.39, 0.29) is 29.3 Å². The van der Waals surface area contributed by atoms with Gasteiger partial charge in [0.05, 0.1) is 24.4 Å². The smallest absolute Gasteiger partial charge is 0.0991 e. The first-order chi connectivity index (χ1) is 11.8. The Morgan fingerprint density at radius 1 is 1.32 bits per heavy atom. The largest absolute Gasteiger partial charge is 0.512 e. The highest BCUT2D eigenvalue weighted by atomic mass is 16.3. The minimum Gasteiger partial charge on any atom is -0.512 e. The molecule has 3 aliphatic carbocycles. The van der Waals surface area contributed by atoms with E-state index in [1.54, 1.807) is 0 Å². The molecule has 3 heteroatoms. The van der Waals surface area contributed by atoms with Crippen LogP contribution in [0.25, 0.3) is 0 Å². The fraction of sp³-hybridized carbons (Fsp3) is 0.727. The van der Waals surface area contributed by atoms with Crippen molar-refractivity contribution in [2.24, 2.45) is 28.6 Å². The van der Waals surface area contributed by atoms with Crippen LogP contribution in [-0.4, -0.2) is 28.0 Å². The lowest BCUT2D eigenvalue weighted by Gasteiger charge is -2.62. The Morgan fingerprint density at radius 3 is 2.60 bits per heavy atom. The Morgan fingerprint density at radius 2 is 2.04 bits per heavy atom. The Kier molecular flexibility index (Phi) is 4.93. The molecule has 3 nitrogen and oxygen atoms in total. The summed E-state index contributed by atoms with van der Waals surface area (Å²) in [5.74, 6) is 0.809. The average molecular weight is 347 g/mol. The highest BCUT2D eigenvalue weighted by Crippen LogP contribution is 2.65. The van der Waals surface area contributed by atoms with Crippen LogP contribution in [0.1, 0.15) is 59.8 Å². The number of allylic oxidation sites excluding steroid dienone is 3. The maximum atomic E-state index is 11.0. The third-order valence-corrected chi connectivity index (χ3v) is 7.37. The van der Waals surface area contributed by atoms with Crippen LogP contribution < -0.4 is 0 Å². The molecule has 1 saturated carbocycles. The first-order valence-corrected chi connectivity index (χ1v) is 9.86. The van der Waals surface area contributed by atoms with Gasteiger partial charge >= 0.3 is 0 Å². The maximum Gasteiger partial charge on any atom is 0.0991 e. The molecule has 2 unspecified atom stereocenters. The molecule has 0 amide bonds. The van der Waals surface area contributed by atoms with Crippen molar-refractivity contribution in [3.63, 3.8) is 0 Å². The summed E-state index contributed by atoms with van der Waals surface area (Å²) >= 11 is 0. The lowest BCUT2D eigenvalue weighted by atomic mass is 9.42. The van der Waals surface area contributed by atoms with E-state index in [0.717, 1.165) is 43.3 Å². The molecule has 0 radical (unpaired) electrons. The van der Waals surface area contributed by atoms with Crippen molar-refractivity contribution in [2.45, 2.75) is 65.9 Å². The van der Waals surface area contributed by atoms with Gasteiger partial charge in [-0.3, -0.25) is 0 Å². The van der Waals surface area contributed by atoms with Crippen LogP contribution >= 0.6 is 0 Å². The van der Waals surface area contributed by atoms with E-state index in [2.05, 4.69) is 33.8 Å². The number of hydrogen-bond acceptors (Lipinski definition) is 3. The fourth-order valence-corrected chi connectivity index (χ4v) is 5.52. The summed E-state index contributed by atoms with van der Waals surface area (Å²) in [7, 11) is 0. The molecule has 25 heavy (non-hydrogen) atoms. The van der Waals surface area contributed by atoms with E-state index < -0.39 is 6.10 Å². The van der Waals surface area contributed by atoms with Crippen LogP contribution in [0.15, 0.2) is 35.1 Å². The van der Waals surface area contributed by atoms with Crippen molar-refractivity contribution in [2.75, 3.05) is 6.61 Å². The second-order valence-electron chi connectivity index (χ2n) is 9.17. The second-order valence-corrected chi connectivity index (χ2v) is 9.17. The highest BCUT2D eigenvalue weighted by Gasteiger charge is 2.60. The van der Waals surface area contributed by atoms with E-state index in [1.807, 2.05) is 12.2 Å². The van der Waals surface area contributed by atoms with Crippen molar-refractivity contribution < 1.29 is 15.3 Å². The predicted molar refractivity (Wildman–Crippen MR) is 101 cm³/mol. The Hall–Kier alpha value is -1.06. The second kappa shape index (κ2) is 6.59. The number of aliphatic hydroxyl groups excluding tert-OH is 3. The zero-order chi connectivity index (χ0) is 18.4. The molecule has 0 saturated heterocycles. The SMILES string of the molecule is CCCCC(C)(C)C1=C[C@@H](O)C(C2(C)[C@@H]3CC=C(CO)[C@H]2C3)C(O)=C1. The van der Waals surface area contributed by atoms with Gasteiger partial charge in [0.25, 0.3) is 0 Å². The Bertz CT molecular complexity index is 613. The zero-order valence-electron chi connectivity index (χ0n) is 16.1. The first-order valence-electron chi connectivity index (χ1n) is 9.86. The third-order valence-electron chi connectivity index (χ3n) is 7.37. The molecule has 140 valence electrons. The summed E-state index contributed by atoms with van der Waals surface area (Å²) in [5.41, 5.74) is 1.93. The fourth-order valence-electron chi connectivity index (χ4n) is 5.52. The van der Waals surface area contributed by atoms with Crippen LogP contribution in [0.3, 0.4) is 0 Å². The molecule has 3 aliphatic rings. The van der Waals surface area contributed by atoms with E-state index in [1.165, 1.54) is 0 Å². The molecule has 3 N–H and O–H groups in total. The van der Waals surface area contributed by atoms with Crippen molar-refractivity contribution in [3.05, 3.63) is 35.1 Å². The van der Waals surface area contributed by atoms with Gasteiger partial charge in [0.1, 0.15) is 0 Å². The van der Waals surface area contributed by atoms with Gasteiger partial charge in [-0.1, -0.05) is 52.7 Å². The Balaban J connectivity index is 1.85. The maximum absolute atomic E-state index is 11.0. The topological polar surface area (TPSA) is 60.7 Å². The minimum absolute atomic E-state index is 0.0392. The molecule has 0 aromatic heterocycles. The van der Waals surface area contributed by atoms with E-state index in [9.17, 15) is 15.3 Å². The van der Waals surface area contributed by atoms with Gasteiger partial charge in [0.2, 0.25) is 0 Å². The molecule has 0 aromatic carbocycles. The summed E-state index contributed by atoms with van der Waals surface area (Å²) in [4.78, 5) is 0. The summed E-state index contributed by atoms with van der Waals surface area (Å²) in [6, 6.07) is 0. The average Bonchev–Trinajstić information content (AvgIpc) is 2.58. The van der Waals surface area contributed by atoms with Gasteiger partial charge < -0.3 is 15.3 Å². The molecule has 5 atom stereocenters. The van der Waals surface area contributed by atoms with Crippen LogP contribution in [0.4, 0.5) is 0 Å². The Labute approximate surface area is 152 Å². The van der Waals surface area contributed by atoms with Crippen molar-refractivity contribution >= 4 is 0 Å². The van der Waals surface area contributed by atoms with Gasteiger partial charge in [0, 0.05) is 0 Å². The van der Waals surface area contributed by atoms with Crippen LogP contribution in [-0.2, 0) is 0 Å². The molecule has 2 bridgehead atoms. The molecular weight excluding hydrogens is 312 g/mol. The van der Waals surface area contributed by atoms with Gasteiger partial charge in [-0.05, 0) is 59.2 Å². The van der Waals surface area contributed by atoms with Crippen molar-refractivity contribution in [3.8, 4) is 0 Å². The lowest BCUT2D eigenvalue weighted by molar-refractivity contribution is -0.109. The van der Waals surface area contributed by atoms with Gasteiger partial charge in [-0.25, -0.2) is 0 Å². The van der Waals surface area contributed by atoms with Gasteiger partial charge in [0.15, 0.2) is 0 Å². The highest BCUT2D eigenvalue weighted by molar-refractivity contribution is 5.38. The predicted octanol–water partition coefficient (Wildman–Crippen LogP) is 4.53. The monoisotopic (exact) mass is 346 g/mol. The summed E-state index contributed by atoms with van der Waals surface area (Å²) < 4.78 is 0. The first kappa shape index (κ1) is 18.7. The summed E-state index contributed by atoms with van der Waals surface area (Å²) in [5, 5.41) is 31.5. The number of unbranched alkanes of at least 4 members (excludes halogenated alkanes) is 1. The molecule has 0 aliphatic heterocycles. The van der Waals surface area contributed by atoms with Crippen molar-refractivity contribution in [1.29, 1.82) is 0 Å². The summed E-state index contributed by atoms with van der Waals surface area (Å²) in [6.07, 6.45) is 10.7. The summed E-state index contributed by atoms with van der Waals surface area (Å²) in [6.45, 7) is 8.85. The van der Waals surface area contributed by atoms with Gasteiger partial charge in [-0.2, -0.15) is 0 Å². The molecule has 3 rings (SSSR count). The number of rotatable bonds is 6. The number of fused-ring (bicyclic) bond motifs is 2. The number of hydrogen-bond donors (Lipinski definition) is 3. The van der Waals surface area contributed by atoms with Crippen LogP contribution in [0.5, 0.6) is 0 Å². The standard InChI is InChI=1S/C22H34O3/c1-5-6-9-21(2,3)16-11-18(24)20(19(25)12-16)22(4)15-8-7-14(13-23)17(22)10-15/h7,11-12,15,17-18,20,23-25H,5-6,8-10,13H2,1-4H3/t15-,17-,18-,20?,22?/m1/s1. The van der Waals surface area contributed by atoms with E-state index in [4.69, 9.17) is 0 Å². The zero-order valence-corrected chi connectivity index (χ0v) is 16.1. The van der Waals surface area contributed by atoms with E-state index >= 15 is 0 Å². The lowest BCUT2D eigenvalue weighted by Crippen LogP contribution is -2.58. The van der Waals surface area contributed by atoms with Crippen LogP contribution in [0.2, 0.25) is 0 Å². The quantitative estimate of drug-likeness (QED) is 0.619. The molecule has 0 heterocycles. The molecular formula is C22H34O3. The molecule has 1 fully saturated rings. The normalized spacial score (nSPS) is 37.8. The van der Waals surface area contributed by atoms with E-state index in [0.29, 0.717) is 11.7 Å². The third kappa shape index (κ3) is 2.90.